The molecule has 0 bridgehead atoms. The zero-order chi connectivity index (χ0) is 12.8. The Bertz CT molecular complexity index is 481. The molecule has 18 heavy (non-hydrogen) atoms. The van der Waals surface area contributed by atoms with Crippen molar-refractivity contribution in [3.05, 3.63) is 65.7 Å². The minimum atomic E-state index is 0.162. The van der Waals surface area contributed by atoms with Crippen LogP contribution in [0.1, 0.15) is 24.1 Å². The second-order valence-corrected chi connectivity index (χ2v) is 4.47. The minimum absolute atomic E-state index is 0.162. The average molecular weight is 241 g/mol. The van der Waals surface area contributed by atoms with Gasteiger partial charge in [0.15, 0.2) is 0 Å². The monoisotopic (exact) mass is 241 g/mol. The summed E-state index contributed by atoms with van der Waals surface area (Å²) in [6.45, 7) is 2.97. The number of phenolic OH excluding ortho intramolecular Hbond substituents is 1. The van der Waals surface area contributed by atoms with Gasteiger partial charge in [-0.3, -0.25) is 0 Å². The summed E-state index contributed by atoms with van der Waals surface area (Å²) < 4.78 is 0. The van der Waals surface area contributed by atoms with Gasteiger partial charge < -0.3 is 10.4 Å². The Hall–Kier alpha value is -1.80. The highest BCUT2D eigenvalue weighted by atomic mass is 16.3. The van der Waals surface area contributed by atoms with Crippen LogP contribution in [0.4, 0.5) is 0 Å². The van der Waals surface area contributed by atoms with Crippen molar-refractivity contribution >= 4 is 0 Å². The normalized spacial score (nSPS) is 12.3. The Labute approximate surface area is 108 Å². The van der Waals surface area contributed by atoms with Crippen LogP contribution in [0.2, 0.25) is 0 Å². The quantitative estimate of drug-likeness (QED) is 0.842. The van der Waals surface area contributed by atoms with Gasteiger partial charge in [0.25, 0.3) is 0 Å². The lowest BCUT2D eigenvalue weighted by atomic mass is 10.1. The number of hydrogen-bond donors (Lipinski definition) is 2. The van der Waals surface area contributed by atoms with Crippen molar-refractivity contribution in [3.63, 3.8) is 0 Å². The molecule has 0 spiro atoms. The van der Waals surface area contributed by atoms with E-state index >= 15 is 0 Å². The van der Waals surface area contributed by atoms with Crippen LogP contribution in [0.3, 0.4) is 0 Å². The number of nitrogens with one attached hydrogen (secondary N) is 1. The maximum absolute atomic E-state index is 9.76. The maximum Gasteiger partial charge on any atom is 0.120 e. The second-order valence-electron chi connectivity index (χ2n) is 4.47. The predicted octanol–water partition coefficient (Wildman–Crippen LogP) is 3.29. The lowest BCUT2D eigenvalue weighted by Crippen LogP contribution is -2.21. The molecule has 0 amide bonds. The molecule has 0 fully saturated rings. The number of aromatic hydroxyl groups is 1. The minimum Gasteiger partial charge on any atom is -0.508 e. The molecule has 0 aliphatic rings. The van der Waals surface area contributed by atoms with Crippen LogP contribution in [0.5, 0.6) is 5.75 Å². The highest BCUT2D eigenvalue weighted by molar-refractivity contribution is 5.34. The fraction of sp³-hybridized carbons (Fsp3) is 0.250. The van der Waals surface area contributed by atoms with Crippen molar-refractivity contribution in [1.82, 2.24) is 5.32 Å². The SMILES string of the molecule is CC(NCCc1ccccc1)c1ccccc1O. The number of phenols is 1. The van der Waals surface area contributed by atoms with Crippen LogP contribution >= 0.6 is 0 Å². The molecule has 0 aliphatic carbocycles. The van der Waals surface area contributed by atoms with E-state index in [1.807, 2.05) is 24.3 Å². The molecule has 1 atom stereocenters. The molecule has 2 rings (SSSR count). The van der Waals surface area contributed by atoms with E-state index in [1.54, 1.807) is 6.07 Å². The molecule has 2 heteroatoms. The predicted molar refractivity (Wildman–Crippen MR) is 74.7 cm³/mol. The maximum atomic E-state index is 9.76. The summed E-state index contributed by atoms with van der Waals surface area (Å²) >= 11 is 0. The Kier molecular flexibility index (Phi) is 4.37. The van der Waals surface area contributed by atoms with Gasteiger partial charge in [-0.05, 0) is 31.5 Å². The van der Waals surface area contributed by atoms with Crippen molar-refractivity contribution in [2.75, 3.05) is 6.54 Å². The van der Waals surface area contributed by atoms with E-state index in [2.05, 4.69) is 36.5 Å². The van der Waals surface area contributed by atoms with Crippen LogP contribution in [0, 0.1) is 0 Å². The smallest absolute Gasteiger partial charge is 0.120 e. The Morgan fingerprint density at radius 2 is 1.67 bits per heavy atom. The summed E-state index contributed by atoms with van der Waals surface area (Å²) in [7, 11) is 0. The van der Waals surface area contributed by atoms with Gasteiger partial charge in [-0.2, -0.15) is 0 Å². The first kappa shape index (κ1) is 12.7. The molecular weight excluding hydrogens is 222 g/mol. The topological polar surface area (TPSA) is 32.3 Å². The van der Waals surface area contributed by atoms with Crippen molar-refractivity contribution in [3.8, 4) is 5.75 Å². The molecule has 2 N–H and O–H groups in total. The van der Waals surface area contributed by atoms with Crippen molar-refractivity contribution < 1.29 is 5.11 Å². The molecule has 0 aromatic heterocycles. The fourth-order valence-corrected chi connectivity index (χ4v) is 2.04. The van der Waals surface area contributed by atoms with E-state index in [0.29, 0.717) is 5.75 Å². The summed E-state index contributed by atoms with van der Waals surface area (Å²) in [6, 6.07) is 18.0. The third kappa shape index (κ3) is 3.34. The van der Waals surface area contributed by atoms with E-state index < -0.39 is 0 Å². The molecule has 0 heterocycles. The van der Waals surface area contributed by atoms with E-state index in [4.69, 9.17) is 0 Å². The third-order valence-corrected chi connectivity index (χ3v) is 3.11. The summed E-state index contributed by atoms with van der Waals surface area (Å²) in [5.41, 5.74) is 2.28. The zero-order valence-electron chi connectivity index (χ0n) is 10.6. The fourth-order valence-electron chi connectivity index (χ4n) is 2.04. The lowest BCUT2D eigenvalue weighted by Gasteiger charge is -2.15. The van der Waals surface area contributed by atoms with E-state index in [-0.39, 0.29) is 6.04 Å². The van der Waals surface area contributed by atoms with E-state index in [1.165, 1.54) is 5.56 Å². The molecule has 0 aliphatic heterocycles. The van der Waals surface area contributed by atoms with Gasteiger partial charge in [0.05, 0.1) is 0 Å². The summed E-state index contributed by atoms with van der Waals surface area (Å²) in [5.74, 6) is 0.359. The molecule has 0 saturated carbocycles. The van der Waals surface area contributed by atoms with Crippen LogP contribution in [-0.2, 0) is 6.42 Å². The van der Waals surface area contributed by atoms with E-state index in [0.717, 1.165) is 18.5 Å². The molecule has 2 aromatic carbocycles. The van der Waals surface area contributed by atoms with Crippen LogP contribution in [0.25, 0.3) is 0 Å². The number of hydrogen-bond acceptors (Lipinski definition) is 2. The van der Waals surface area contributed by atoms with E-state index in [9.17, 15) is 5.11 Å². The van der Waals surface area contributed by atoms with Gasteiger partial charge in [0.1, 0.15) is 5.75 Å². The second kappa shape index (κ2) is 6.22. The standard InChI is InChI=1S/C16H19NO/c1-13(15-9-5-6-10-16(15)18)17-12-11-14-7-3-2-4-8-14/h2-10,13,17-18H,11-12H2,1H3. The Morgan fingerprint density at radius 3 is 2.39 bits per heavy atom. The third-order valence-electron chi connectivity index (χ3n) is 3.11. The molecular formula is C16H19NO. The van der Waals surface area contributed by atoms with Crippen LogP contribution in [0.15, 0.2) is 54.6 Å². The largest absolute Gasteiger partial charge is 0.508 e. The summed E-state index contributed by atoms with van der Waals surface area (Å²) in [5, 5.41) is 13.2. The van der Waals surface area contributed by atoms with Gasteiger partial charge in [-0.25, -0.2) is 0 Å². The molecule has 0 radical (unpaired) electrons. The van der Waals surface area contributed by atoms with Gasteiger partial charge in [-0.1, -0.05) is 48.5 Å². The highest BCUT2D eigenvalue weighted by Gasteiger charge is 2.08. The first-order valence-electron chi connectivity index (χ1n) is 6.32. The van der Waals surface area contributed by atoms with Crippen molar-refractivity contribution in [1.29, 1.82) is 0 Å². The molecule has 2 nitrogen and oxygen atoms in total. The van der Waals surface area contributed by atoms with Gasteiger partial charge in [-0.15, -0.1) is 0 Å². The van der Waals surface area contributed by atoms with Gasteiger partial charge in [0.2, 0.25) is 0 Å². The first-order valence-corrected chi connectivity index (χ1v) is 6.32. The van der Waals surface area contributed by atoms with Crippen LogP contribution in [-0.4, -0.2) is 11.7 Å². The molecule has 1 unspecified atom stereocenters. The summed E-state index contributed by atoms with van der Waals surface area (Å²) in [4.78, 5) is 0. The van der Waals surface area contributed by atoms with Crippen LogP contribution < -0.4 is 5.32 Å². The lowest BCUT2D eigenvalue weighted by molar-refractivity contribution is 0.453. The molecule has 0 saturated heterocycles. The first-order chi connectivity index (χ1) is 8.77. The van der Waals surface area contributed by atoms with Crippen molar-refractivity contribution in [2.45, 2.75) is 19.4 Å². The van der Waals surface area contributed by atoms with Crippen molar-refractivity contribution in [2.24, 2.45) is 0 Å². The van der Waals surface area contributed by atoms with Gasteiger partial charge >= 0.3 is 0 Å². The van der Waals surface area contributed by atoms with Gasteiger partial charge in [0, 0.05) is 11.6 Å². The Morgan fingerprint density at radius 1 is 1.00 bits per heavy atom. The number of rotatable bonds is 5. The average Bonchev–Trinajstić information content (AvgIpc) is 2.40. The summed E-state index contributed by atoms with van der Waals surface area (Å²) in [6.07, 6.45) is 0.999. The zero-order valence-corrected chi connectivity index (χ0v) is 10.6. The molecule has 94 valence electrons. The highest BCUT2D eigenvalue weighted by Crippen LogP contribution is 2.22. The number of benzene rings is 2. The molecule has 2 aromatic rings. The Balaban J connectivity index is 1.86. The number of para-hydroxylation sites is 1.